The fourth-order valence-electron chi connectivity index (χ4n) is 1.81. The van der Waals surface area contributed by atoms with Gasteiger partial charge in [-0.25, -0.2) is 4.79 Å². The Morgan fingerprint density at radius 1 is 1.29 bits per heavy atom. The van der Waals surface area contributed by atoms with Crippen LogP contribution in [0.1, 0.15) is 19.3 Å². The van der Waals surface area contributed by atoms with Crippen LogP contribution in [0, 0.1) is 5.92 Å². The van der Waals surface area contributed by atoms with Crippen LogP contribution in [0.2, 0.25) is 0 Å². The van der Waals surface area contributed by atoms with Crippen LogP contribution >= 0.6 is 11.6 Å². The van der Waals surface area contributed by atoms with Crippen LogP contribution < -0.4 is 5.32 Å². The summed E-state index contributed by atoms with van der Waals surface area (Å²) < 4.78 is 37.4. The lowest BCUT2D eigenvalue weighted by molar-refractivity contribution is -0.183. The molecule has 0 radical (unpaired) electrons. The average Bonchev–Trinajstić information content (AvgIpc) is 2.19. The zero-order valence-corrected chi connectivity index (χ0v) is 9.38. The number of alkyl halides is 4. The van der Waals surface area contributed by atoms with Crippen molar-refractivity contribution in [3.8, 4) is 0 Å². The average molecular weight is 274 g/mol. The van der Waals surface area contributed by atoms with E-state index in [2.05, 4.69) is 0 Å². The van der Waals surface area contributed by atoms with Crippen molar-refractivity contribution in [3.05, 3.63) is 0 Å². The normalized spacial score (nSPS) is 29.8. The van der Waals surface area contributed by atoms with Gasteiger partial charge in [-0.1, -0.05) is 0 Å². The highest BCUT2D eigenvalue weighted by Gasteiger charge is 2.45. The number of aliphatic carboxylic acids is 1. The first kappa shape index (κ1) is 14.1. The van der Waals surface area contributed by atoms with E-state index in [0.717, 1.165) is 0 Å². The van der Waals surface area contributed by atoms with E-state index >= 15 is 0 Å². The zero-order chi connectivity index (χ0) is 13.2. The largest absolute Gasteiger partial charge is 0.474 e. The lowest BCUT2D eigenvalue weighted by Crippen LogP contribution is -2.49. The molecule has 1 aliphatic rings. The van der Waals surface area contributed by atoms with Gasteiger partial charge in [0.25, 0.3) is 0 Å². The summed E-state index contributed by atoms with van der Waals surface area (Å²) in [7, 11) is 0. The molecule has 0 heterocycles. The Bertz CT molecular complexity index is 321. The molecule has 0 aromatic heterocycles. The van der Waals surface area contributed by atoms with Gasteiger partial charge in [-0.15, -0.1) is 11.6 Å². The van der Waals surface area contributed by atoms with Gasteiger partial charge in [0.15, 0.2) is 0 Å². The summed E-state index contributed by atoms with van der Waals surface area (Å²) in [5.74, 6) is -4.61. The van der Waals surface area contributed by atoms with Gasteiger partial charge < -0.3 is 10.4 Å². The quantitative estimate of drug-likeness (QED) is 0.562. The van der Waals surface area contributed by atoms with Crippen molar-refractivity contribution >= 4 is 23.5 Å². The molecular weight excluding hydrogens is 263 g/mol. The summed E-state index contributed by atoms with van der Waals surface area (Å²) in [6.07, 6.45) is -4.73. The van der Waals surface area contributed by atoms with E-state index in [1.54, 1.807) is 0 Å². The number of nitrogens with one attached hydrogen (secondary N) is 1. The second kappa shape index (κ2) is 5.12. The molecule has 1 rings (SSSR count). The molecule has 98 valence electrons. The van der Waals surface area contributed by atoms with Crippen LogP contribution in [0.4, 0.5) is 13.2 Å². The highest BCUT2D eigenvalue weighted by Crippen LogP contribution is 2.38. The van der Waals surface area contributed by atoms with Crippen LogP contribution in [-0.2, 0) is 9.59 Å². The third-order valence-corrected chi connectivity index (χ3v) is 3.26. The molecule has 1 amide bonds. The minimum atomic E-state index is -4.34. The number of carbonyl (C=O) groups is 2. The van der Waals surface area contributed by atoms with Crippen molar-refractivity contribution in [2.45, 2.75) is 36.9 Å². The Kier molecular flexibility index (Phi) is 4.24. The standard InChI is InChI=1S/C9H11ClF3NO3/c10-5-2-1-4(9(11,12)13)3-6(5)14-7(15)8(16)17/h4-6H,1-3H2,(H,14,15)(H,16,17). The van der Waals surface area contributed by atoms with Crippen molar-refractivity contribution in [3.63, 3.8) is 0 Å². The number of rotatable bonds is 1. The molecule has 0 aromatic rings. The molecule has 0 saturated heterocycles. The fraction of sp³-hybridized carbons (Fsp3) is 0.778. The van der Waals surface area contributed by atoms with Gasteiger partial charge in [0.1, 0.15) is 0 Å². The van der Waals surface area contributed by atoms with E-state index in [9.17, 15) is 22.8 Å². The monoisotopic (exact) mass is 273 g/mol. The van der Waals surface area contributed by atoms with E-state index < -0.39 is 35.4 Å². The first-order valence-corrected chi connectivity index (χ1v) is 5.40. The second-order valence-electron chi connectivity index (χ2n) is 3.95. The number of carboxylic acid groups (broad SMARTS) is 1. The van der Waals surface area contributed by atoms with Crippen molar-refractivity contribution in [1.82, 2.24) is 5.32 Å². The minimum Gasteiger partial charge on any atom is -0.474 e. The molecule has 0 aromatic carbocycles. The number of carboxylic acids is 1. The number of hydrogen-bond acceptors (Lipinski definition) is 2. The van der Waals surface area contributed by atoms with Crippen molar-refractivity contribution in [2.24, 2.45) is 5.92 Å². The van der Waals surface area contributed by atoms with Gasteiger partial charge in [-0.2, -0.15) is 13.2 Å². The first-order valence-electron chi connectivity index (χ1n) is 4.96. The van der Waals surface area contributed by atoms with Crippen LogP contribution in [0.15, 0.2) is 0 Å². The zero-order valence-electron chi connectivity index (χ0n) is 8.63. The van der Waals surface area contributed by atoms with Crippen LogP contribution in [0.25, 0.3) is 0 Å². The van der Waals surface area contributed by atoms with Crippen LogP contribution in [-0.4, -0.2) is 34.6 Å². The van der Waals surface area contributed by atoms with Gasteiger partial charge in [-0.05, 0) is 19.3 Å². The van der Waals surface area contributed by atoms with E-state index in [-0.39, 0.29) is 19.3 Å². The molecule has 0 aliphatic heterocycles. The summed E-state index contributed by atoms with van der Waals surface area (Å²) in [6.45, 7) is 0. The second-order valence-corrected chi connectivity index (χ2v) is 4.51. The molecule has 3 atom stereocenters. The van der Waals surface area contributed by atoms with Gasteiger partial charge in [0, 0.05) is 6.04 Å². The molecule has 0 spiro atoms. The highest BCUT2D eigenvalue weighted by molar-refractivity contribution is 6.31. The summed E-state index contributed by atoms with van der Waals surface area (Å²) in [5.41, 5.74) is 0. The maximum absolute atomic E-state index is 12.5. The SMILES string of the molecule is O=C(O)C(=O)NC1CC(C(F)(F)F)CCC1Cl. The third-order valence-electron chi connectivity index (χ3n) is 2.74. The molecule has 1 fully saturated rings. The van der Waals surface area contributed by atoms with Crippen molar-refractivity contribution < 1.29 is 27.9 Å². The predicted molar refractivity (Wildman–Crippen MR) is 52.6 cm³/mol. The molecule has 2 N–H and O–H groups in total. The van der Waals surface area contributed by atoms with E-state index in [1.807, 2.05) is 5.32 Å². The van der Waals surface area contributed by atoms with E-state index in [1.165, 1.54) is 0 Å². The summed E-state index contributed by atoms with van der Waals surface area (Å²) in [6, 6.07) is -0.958. The maximum atomic E-state index is 12.5. The van der Waals surface area contributed by atoms with Crippen molar-refractivity contribution in [2.75, 3.05) is 0 Å². The predicted octanol–water partition coefficient (Wildman–Crippen LogP) is 1.53. The Hall–Kier alpha value is -0.980. The topological polar surface area (TPSA) is 66.4 Å². The van der Waals surface area contributed by atoms with E-state index in [4.69, 9.17) is 16.7 Å². The van der Waals surface area contributed by atoms with Crippen molar-refractivity contribution in [1.29, 1.82) is 0 Å². The van der Waals surface area contributed by atoms with Crippen LogP contribution in [0.5, 0.6) is 0 Å². The fourth-order valence-corrected chi connectivity index (χ4v) is 2.10. The molecule has 17 heavy (non-hydrogen) atoms. The van der Waals surface area contributed by atoms with Gasteiger partial charge >= 0.3 is 18.1 Å². The maximum Gasteiger partial charge on any atom is 0.394 e. The van der Waals surface area contributed by atoms with Gasteiger partial charge in [0.2, 0.25) is 0 Å². The number of hydrogen-bond donors (Lipinski definition) is 2. The summed E-state index contributed by atoms with van der Waals surface area (Å²) in [5, 5.41) is 9.68. The lowest BCUT2D eigenvalue weighted by Gasteiger charge is -2.33. The third kappa shape index (κ3) is 3.76. The number of amides is 1. The highest BCUT2D eigenvalue weighted by atomic mass is 35.5. The molecular formula is C9H11ClF3NO3. The van der Waals surface area contributed by atoms with E-state index in [0.29, 0.717) is 0 Å². The Morgan fingerprint density at radius 3 is 2.35 bits per heavy atom. The summed E-state index contributed by atoms with van der Waals surface area (Å²) in [4.78, 5) is 21.1. The molecule has 8 heteroatoms. The lowest BCUT2D eigenvalue weighted by atomic mass is 9.85. The Labute approximate surface area is 100 Å². The molecule has 0 bridgehead atoms. The van der Waals surface area contributed by atoms with Crippen LogP contribution in [0.3, 0.4) is 0 Å². The summed E-state index contributed by atoms with van der Waals surface area (Å²) >= 11 is 5.77. The molecule has 3 unspecified atom stereocenters. The Morgan fingerprint density at radius 2 is 1.88 bits per heavy atom. The van der Waals surface area contributed by atoms with Gasteiger partial charge in [-0.3, -0.25) is 4.79 Å². The molecule has 4 nitrogen and oxygen atoms in total. The Balaban J connectivity index is 2.64. The smallest absolute Gasteiger partial charge is 0.394 e. The van der Waals surface area contributed by atoms with Gasteiger partial charge in [0.05, 0.1) is 11.3 Å². The first-order chi connectivity index (χ1) is 7.71. The molecule has 1 saturated carbocycles. The number of halogens is 4. The minimum absolute atomic E-state index is 0.0935. The molecule has 1 aliphatic carbocycles. The number of carbonyl (C=O) groups excluding carboxylic acids is 1.